The van der Waals surface area contributed by atoms with E-state index in [1.54, 1.807) is 36.8 Å². The molecule has 2 unspecified atom stereocenters. The number of rotatable bonds is 5. The highest BCUT2D eigenvalue weighted by Crippen LogP contribution is 2.44. The van der Waals surface area contributed by atoms with Gasteiger partial charge in [-0.2, -0.15) is 10.5 Å². The predicted molar refractivity (Wildman–Crippen MR) is 105 cm³/mol. The van der Waals surface area contributed by atoms with E-state index in [2.05, 4.69) is 17.1 Å². The van der Waals surface area contributed by atoms with Crippen LogP contribution in [0.3, 0.4) is 0 Å². The van der Waals surface area contributed by atoms with Crippen LogP contribution in [0.5, 0.6) is 0 Å². The maximum Gasteiger partial charge on any atom is 0.379 e. The normalized spacial score (nSPS) is 17.1. The van der Waals surface area contributed by atoms with E-state index in [1.807, 2.05) is 13.0 Å². The number of aliphatic imine (C=N–C) groups is 1. The number of methoxy groups -OCH3 is 1. The lowest BCUT2D eigenvalue weighted by atomic mass is 9.69. The Hall–Kier alpha value is -2.84. The summed E-state index contributed by atoms with van der Waals surface area (Å²) in [6.07, 6.45) is 4.58. The molecule has 1 aliphatic rings. The van der Waals surface area contributed by atoms with Crippen molar-refractivity contribution in [3.05, 3.63) is 35.9 Å². The molecule has 1 aromatic rings. The predicted octanol–water partition coefficient (Wildman–Crippen LogP) is 1.24. The van der Waals surface area contributed by atoms with Crippen LogP contribution in [0.4, 0.5) is 0 Å². The lowest BCUT2D eigenvalue weighted by Gasteiger charge is -2.35. The molecule has 0 bridgehead atoms. The molecular formula is C20H23N3O4S. The second-order valence-electron chi connectivity index (χ2n) is 6.24. The first kappa shape index (κ1) is 23.2. The molecule has 8 heteroatoms. The Kier molecular flexibility index (Phi) is 8.21. The van der Waals surface area contributed by atoms with Crippen molar-refractivity contribution in [1.29, 1.82) is 10.5 Å². The minimum atomic E-state index is -1.52. The number of carbonyl (C=O) groups excluding carboxylic acids is 2. The van der Waals surface area contributed by atoms with Gasteiger partial charge in [0.15, 0.2) is 5.41 Å². The summed E-state index contributed by atoms with van der Waals surface area (Å²) in [7, 11) is 0.584. The fraction of sp³-hybridized carbons (Fsp3) is 0.450. The SMILES string of the molecule is CCC(C#N)(c1ccccc1)C(C#N)(C(=O)OC)[S+](C)C.O=C1CCC([O-])=N1. The molecule has 0 N–H and O–H groups in total. The molecule has 0 aromatic heterocycles. The average molecular weight is 401 g/mol. The zero-order chi connectivity index (χ0) is 21.4. The molecule has 2 atom stereocenters. The minimum Gasteiger partial charge on any atom is -0.862 e. The fourth-order valence-corrected chi connectivity index (χ4v) is 4.74. The van der Waals surface area contributed by atoms with Gasteiger partial charge in [-0.1, -0.05) is 37.3 Å². The standard InChI is InChI=1S/C16H19N2O2S.C4H5NO2/c1-5-15(11-17,13-9-7-6-8-10-13)16(12-18,21(3)4)14(19)20-2;6-3-1-2-4(7)5-3/h6-10H,5H2,1-4H3;1-2H2,(H,5,6,7)/q+1;/p-1. The van der Waals surface area contributed by atoms with Crippen molar-refractivity contribution in [3.63, 3.8) is 0 Å². The van der Waals surface area contributed by atoms with Crippen molar-refractivity contribution in [2.45, 2.75) is 36.3 Å². The quantitative estimate of drug-likeness (QED) is 0.539. The van der Waals surface area contributed by atoms with E-state index in [0.29, 0.717) is 24.8 Å². The van der Waals surface area contributed by atoms with Gasteiger partial charge in [0.1, 0.15) is 6.07 Å². The van der Waals surface area contributed by atoms with Gasteiger partial charge in [-0.15, -0.1) is 0 Å². The number of esters is 1. The minimum absolute atomic E-state index is 0.273. The number of nitrogens with zero attached hydrogens (tertiary/aromatic N) is 3. The topological polar surface area (TPSA) is 126 Å². The van der Waals surface area contributed by atoms with Crippen LogP contribution in [0.25, 0.3) is 0 Å². The molecule has 1 heterocycles. The molecule has 0 saturated heterocycles. The van der Waals surface area contributed by atoms with E-state index in [4.69, 9.17) is 4.74 Å². The summed E-state index contributed by atoms with van der Waals surface area (Å²) >= 11 is 0. The summed E-state index contributed by atoms with van der Waals surface area (Å²) in [5.74, 6) is -1.19. The van der Waals surface area contributed by atoms with Crippen molar-refractivity contribution < 1.29 is 19.4 Å². The lowest BCUT2D eigenvalue weighted by molar-refractivity contribution is -0.217. The maximum atomic E-state index is 12.5. The Morgan fingerprint density at radius 3 is 2.14 bits per heavy atom. The molecule has 7 nitrogen and oxygen atoms in total. The number of carbonyl (C=O) groups is 2. The summed E-state index contributed by atoms with van der Waals surface area (Å²) in [6, 6.07) is 13.4. The first-order valence-corrected chi connectivity index (χ1v) is 10.6. The summed E-state index contributed by atoms with van der Waals surface area (Å²) in [5, 5.41) is 29.8. The van der Waals surface area contributed by atoms with Crippen molar-refractivity contribution in [3.8, 4) is 12.1 Å². The van der Waals surface area contributed by atoms with Crippen molar-refractivity contribution in [1.82, 2.24) is 0 Å². The molecule has 0 spiro atoms. The van der Waals surface area contributed by atoms with E-state index in [9.17, 15) is 25.2 Å². The molecular weight excluding hydrogens is 378 g/mol. The van der Waals surface area contributed by atoms with Crippen molar-refractivity contribution >= 4 is 28.7 Å². The molecule has 0 saturated carbocycles. The Morgan fingerprint density at radius 2 is 1.86 bits per heavy atom. The van der Waals surface area contributed by atoms with Gasteiger partial charge in [0, 0.05) is 17.3 Å². The second-order valence-corrected chi connectivity index (χ2v) is 8.48. The van der Waals surface area contributed by atoms with Gasteiger partial charge in [0.25, 0.3) is 0 Å². The highest BCUT2D eigenvalue weighted by molar-refractivity contribution is 7.98. The van der Waals surface area contributed by atoms with E-state index < -0.39 is 27.0 Å². The van der Waals surface area contributed by atoms with E-state index >= 15 is 0 Å². The van der Waals surface area contributed by atoms with Crippen molar-refractivity contribution in [2.75, 3.05) is 19.6 Å². The Morgan fingerprint density at radius 1 is 1.25 bits per heavy atom. The zero-order valence-corrected chi connectivity index (χ0v) is 17.2. The first-order valence-electron chi connectivity index (χ1n) is 8.57. The highest BCUT2D eigenvalue weighted by atomic mass is 32.2. The van der Waals surface area contributed by atoms with Crippen LogP contribution in [0, 0.1) is 22.7 Å². The highest BCUT2D eigenvalue weighted by Gasteiger charge is 2.68. The number of ether oxygens (including phenoxy) is 1. The Labute approximate surface area is 168 Å². The van der Waals surface area contributed by atoms with Crippen LogP contribution in [-0.2, 0) is 30.6 Å². The van der Waals surface area contributed by atoms with Gasteiger partial charge in [-0.05, 0) is 24.3 Å². The van der Waals surface area contributed by atoms with Crippen LogP contribution in [0.1, 0.15) is 31.7 Å². The summed E-state index contributed by atoms with van der Waals surface area (Å²) in [6.45, 7) is 1.82. The van der Waals surface area contributed by atoms with Crippen molar-refractivity contribution in [2.24, 2.45) is 4.99 Å². The number of benzene rings is 1. The van der Waals surface area contributed by atoms with Crippen LogP contribution in [0.15, 0.2) is 35.3 Å². The van der Waals surface area contributed by atoms with Crippen LogP contribution < -0.4 is 5.11 Å². The molecule has 28 heavy (non-hydrogen) atoms. The Bertz CT molecular complexity index is 826. The number of hydrogen-bond donors (Lipinski definition) is 0. The molecule has 0 aliphatic carbocycles. The van der Waals surface area contributed by atoms with Gasteiger partial charge in [0.2, 0.25) is 5.91 Å². The largest absolute Gasteiger partial charge is 0.862 e. The average Bonchev–Trinajstić information content (AvgIpc) is 3.09. The molecule has 2 rings (SSSR count). The van der Waals surface area contributed by atoms with Crippen LogP contribution in [0.2, 0.25) is 0 Å². The zero-order valence-electron chi connectivity index (χ0n) is 16.4. The number of nitriles is 2. The van der Waals surface area contributed by atoms with E-state index in [1.165, 1.54) is 7.11 Å². The third-order valence-electron chi connectivity index (χ3n) is 4.63. The monoisotopic (exact) mass is 401 g/mol. The molecule has 1 aliphatic heterocycles. The fourth-order valence-electron chi connectivity index (χ4n) is 3.13. The Balaban J connectivity index is 0.000000467. The number of hydrogen-bond acceptors (Lipinski definition) is 6. The smallest absolute Gasteiger partial charge is 0.379 e. The van der Waals surface area contributed by atoms with Crippen LogP contribution >= 0.6 is 0 Å². The third kappa shape index (κ3) is 4.18. The van der Waals surface area contributed by atoms with Crippen LogP contribution in [-0.4, -0.2) is 42.1 Å². The molecule has 0 radical (unpaired) electrons. The second kappa shape index (κ2) is 9.91. The molecule has 0 fully saturated rings. The molecule has 148 valence electrons. The lowest BCUT2D eigenvalue weighted by Crippen LogP contribution is -2.60. The van der Waals surface area contributed by atoms with Gasteiger partial charge in [-0.3, -0.25) is 4.79 Å². The first-order chi connectivity index (χ1) is 13.2. The van der Waals surface area contributed by atoms with E-state index in [0.717, 1.165) is 0 Å². The van der Waals surface area contributed by atoms with Gasteiger partial charge in [-0.25, -0.2) is 9.79 Å². The third-order valence-corrected chi connectivity index (χ3v) is 6.46. The maximum absolute atomic E-state index is 12.5. The molecule has 1 amide bonds. The number of amides is 1. The van der Waals surface area contributed by atoms with Gasteiger partial charge < -0.3 is 9.84 Å². The summed E-state index contributed by atoms with van der Waals surface area (Å²) < 4.78 is 3.37. The van der Waals surface area contributed by atoms with Gasteiger partial charge >= 0.3 is 10.7 Å². The summed E-state index contributed by atoms with van der Waals surface area (Å²) in [5.41, 5.74) is -0.564. The molecule has 1 aromatic carbocycles. The van der Waals surface area contributed by atoms with Gasteiger partial charge in [0.05, 0.1) is 25.7 Å². The van der Waals surface area contributed by atoms with E-state index in [-0.39, 0.29) is 11.8 Å². The summed E-state index contributed by atoms with van der Waals surface area (Å²) in [4.78, 5) is 25.6.